The number of rotatable bonds is 7. The van der Waals surface area contributed by atoms with Crippen LogP contribution in [0.15, 0.2) is 56.7 Å². The standard InChI is InChI=1S/C19H15BrF2N2OS2/c20-13-6-4-12(5-7-13)10-26-19-24-14(11-27-19)8-18(25)23-9-15-16(21)2-1-3-17(15)22/h1-7,11H,8-10H2,(H,23,25). The fraction of sp³-hybridized carbons (Fsp3) is 0.158. The first kappa shape index (κ1) is 20.0. The van der Waals surface area contributed by atoms with Crippen molar-refractivity contribution >= 4 is 44.9 Å². The number of carbonyl (C=O) groups is 1. The third kappa shape index (κ3) is 5.85. The van der Waals surface area contributed by atoms with Crippen molar-refractivity contribution in [2.45, 2.75) is 23.1 Å². The molecule has 0 atom stereocenters. The molecule has 1 amide bonds. The lowest BCUT2D eigenvalue weighted by atomic mass is 10.2. The summed E-state index contributed by atoms with van der Waals surface area (Å²) in [5, 5.41) is 4.36. The average molecular weight is 469 g/mol. The average Bonchev–Trinajstić information content (AvgIpc) is 3.08. The van der Waals surface area contributed by atoms with E-state index in [2.05, 4.69) is 26.2 Å². The largest absolute Gasteiger partial charge is 0.351 e. The van der Waals surface area contributed by atoms with E-state index in [4.69, 9.17) is 0 Å². The number of hydrogen-bond donors (Lipinski definition) is 1. The van der Waals surface area contributed by atoms with Crippen LogP contribution in [0.4, 0.5) is 8.78 Å². The number of hydrogen-bond acceptors (Lipinski definition) is 4. The highest BCUT2D eigenvalue weighted by atomic mass is 79.9. The maximum Gasteiger partial charge on any atom is 0.226 e. The first-order valence-corrected chi connectivity index (χ1v) is 10.7. The number of nitrogens with one attached hydrogen (secondary N) is 1. The van der Waals surface area contributed by atoms with Crippen molar-refractivity contribution in [2.24, 2.45) is 0 Å². The molecule has 1 N–H and O–H groups in total. The topological polar surface area (TPSA) is 42.0 Å². The first-order valence-electron chi connectivity index (χ1n) is 8.02. The van der Waals surface area contributed by atoms with Gasteiger partial charge in [-0.2, -0.15) is 0 Å². The number of benzene rings is 2. The predicted molar refractivity (Wildman–Crippen MR) is 108 cm³/mol. The van der Waals surface area contributed by atoms with Gasteiger partial charge in [-0.25, -0.2) is 13.8 Å². The van der Waals surface area contributed by atoms with Gasteiger partial charge in [0.05, 0.1) is 12.1 Å². The molecule has 8 heteroatoms. The summed E-state index contributed by atoms with van der Waals surface area (Å²) in [6.07, 6.45) is 0.0748. The lowest BCUT2D eigenvalue weighted by Crippen LogP contribution is -2.25. The molecule has 0 aliphatic heterocycles. The van der Waals surface area contributed by atoms with Gasteiger partial charge in [0.25, 0.3) is 0 Å². The SMILES string of the molecule is O=C(Cc1csc(SCc2ccc(Br)cc2)n1)NCc1c(F)cccc1F. The molecule has 3 nitrogen and oxygen atoms in total. The number of nitrogens with zero attached hydrogens (tertiary/aromatic N) is 1. The number of amides is 1. The molecule has 0 unspecified atom stereocenters. The van der Waals surface area contributed by atoms with Crippen LogP contribution in [0.5, 0.6) is 0 Å². The van der Waals surface area contributed by atoms with E-state index in [1.165, 1.54) is 35.1 Å². The predicted octanol–water partition coefficient (Wildman–Crippen LogP) is 5.34. The minimum Gasteiger partial charge on any atom is -0.351 e. The molecule has 0 saturated heterocycles. The van der Waals surface area contributed by atoms with Crippen LogP contribution in [-0.2, 0) is 23.5 Å². The van der Waals surface area contributed by atoms with Gasteiger partial charge in [-0.1, -0.05) is 45.9 Å². The molecule has 1 aromatic heterocycles. The van der Waals surface area contributed by atoms with Gasteiger partial charge in [0.2, 0.25) is 5.91 Å². The van der Waals surface area contributed by atoms with Gasteiger partial charge in [0.15, 0.2) is 0 Å². The molecule has 0 aliphatic carbocycles. The van der Waals surface area contributed by atoms with E-state index >= 15 is 0 Å². The van der Waals surface area contributed by atoms with E-state index < -0.39 is 11.6 Å². The zero-order valence-electron chi connectivity index (χ0n) is 14.0. The summed E-state index contributed by atoms with van der Waals surface area (Å²) in [5.41, 5.74) is 1.68. The van der Waals surface area contributed by atoms with Crippen molar-refractivity contribution in [3.05, 3.63) is 80.8 Å². The monoisotopic (exact) mass is 468 g/mol. The van der Waals surface area contributed by atoms with Gasteiger partial charge in [-0.05, 0) is 29.8 Å². The lowest BCUT2D eigenvalue weighted by molar-refractivity contribution is -0.120. The summed E-state index contributed by atoms with van der Waals surface area (Å²) in [7, 11) is 0. The van der Waals surface area contributed by atoms with Crippen LogP contribution in [-0.4, -0.2) is 10.9 Å². The molecular formula is C19H15BrF2N2OS2. The molecule has 0 saturated carbocycles. The van der Waals surface area contributed by atoms with Crippen LogP contribution in [0, 0.1) is 11.6 Å². The van der Waals surface area contributed by atoms with E-state index in [0.717, 1.165) is 14.6 Å². The number of thioether (sulfide) groups is 1. The summed E-state index contributed by atoms with van der Waals surface area (Å²) in [6, 6.07) is 11.7. The van der Waals surface area contributed by atoms with Crippen molar-refractivity contribution in [1.82, 2.24) is 10.3 Å². The second-order valence-corrected chi connectivity index (χ2v) is 8.67. The lowest BCUT2D eigenvalue weighted by Gasteiger charge is -2.06. The third-order valence-corrected chi connectivity index (χ3v) is 6.34. The quantitative estimate of drug-likeness (QED) is 0.476. The molecule has 0 spiro atoms. The Kier molecular flexibility index (Phi) is 6.98. The Morgan fingerprint density at radius 2 is 1.85 bits per heavy atom. The van der Waals surface area contributed by atoms with Gasteiger partial charge in [0, 0.05) is 27.7 Å². The highest BCUT2D eigenvalue weighted by Gasteiger charge is 2.12. The Morgan fingerprint density at radius 3 is 2.56 bits per heavy atom. The smallest absolute Gasteiger partial charge is 0.226 e. The van der Waals surface area contributed by atoms with E-state index in [0.29, 0.717) is 5.69 Å². The number of carbonyl (C=O) groups excluding carboxylic acids is 1. The van der Waals surface area contributed by atoms with E-state index in [9.17, 15) is 13.6 Å². The molecule has 0 fully saturated rings. The molecule has 1 heterocycles. The summed E-state index contributed by atoms with van der Waals surface area (Å²) in [4.78, 5) is 16.5. The number of aromatic nitrogens is 1. The molecule has 0 radical (unpaired) electrons. The normalized spacial score (nSPS) is 10.8. The minimum absolute atomic E-state index is 0.0748. The highest BCUT2D eigenvalue weighted by Crippen LogP contribution is 2.27. The number of halogens is 3. The maximum atomic E-state index is 13.6. The van der Waals surface area contributed by atoms with Gasteiger partial charge in [-0.3, -0.25) is 4.79 Å². The van der Waals surface area contributed by atoms with Crippen LogP contribution in [0.2, 0.25) is 0 Å². The summed E-state index contributed by atoms with van der Waals surface area (Å²) >= 11 is 6.49. The minimum atomic E-state index is -0.671. The third-order valence-electron chi connectivity index (χ3n) is 3.67. The first-order chi connectivity index (χ1) is 13.0. The van der Waals surface area contributed by atoms with Gasteiger partial charge < -0.3 is 5.32 Å². The van der Waals surface area contributed by atoms with E-state index in [1.54, 1.807) is 11.8 Å². The second-order valence-electron chi connectivity index (χ2n) is 5.67. The van der Waals surface area contributed by atoms with E-state index in [1.807, 2.05) is 29.6 Å². The van der Waals surface area contributed by atoms with Crippen LogP contribution in [0.3, 0.4) is 0 Å². The Morgan fingerprint density at radius 1 is 1.15 bits per heavy atom. The molecule has 3 aromatic rings. The zero-order valence-corrected chi connectivity index (χ0v) is 17.3. The van der Waals surface area contributed by atoms with Gasteiger partial charge in [-0.15, -0.1) is 11.3 Å². The molecule has 2 aromatic carbocycles. The van der Waals surface area contributed by atoms with E-state index in [-0.39, 0.29) is 24.4 Å². The molecular weight excluding hydrogens is 454 g/mol. The Bertz CT molecular complexity index is 911. The molecule has 0 bridgehead atoms. The molecule has 140 valence electrons. The van der Waals surface area contributed by atoms with Crippen LogP contribution in [0.1, 0.15) is 16.8 Å². The fourth-order valence-corrected chi connectivity index (χ4v) is 4.34. The van der Waals surface area contributed by atoms with Crippen molar-refractivity contribution in [3.63, 3.8) is 0 Å². The van der Waals surface area contributed by atoms with Crippen molar-refractivity contribution in [1.29, 1.82) is 0 Å². The Labute approximate surface area is 172 Å². The Hall–Kier alpha value is -1.77. The fourth-order valence-electron chi connectivity index (χ4n) is 2.28. The van der Waals surface area contributed by atoms with Crippen LogP contribution >= 0.6 is 39.0 Å². The van der Waals surface area contributed by atoms with Gasteiger partial charge in [0.1, 0.15) is 16.0 Å². The van der Waals surface area contributed by atoms with Crippen molar-refractivity contribution in [3.8, 4) is 0 Å². The molecule has 3 rings (SSSR count). The zero-order chi connectivity index (χ0) is 19.2. The molecule has 27 heavy (non-hydrogen) atoms. The Balaban J connectivity index is 1.49. The second kappa shape index (κ2) is 9.43. The number of thiazole rings is 1. The highest BCUT2D eigenvalue weighted by molar-refractivity contribution is 9.10. The summed E-state index contributed by atoms with van der Waals surface area (Å²) in [5.74, 6) is -0.877. The van der Waals surface area contributed by atoms with Crippen LogP contribution in [0.25, 0.3) is 0 Å². The maximum absolute atomic E-state index is 13.6. The van der Waals surface area contributed by atoms with Crippen LogP contribution < -0.4 is 5.32 Å². The van der Waals surface area contributed by atoms with Crippen molar-refractivity contribution in [2.75, 3.05) is 0 Å². The van der Waals surface area contributed by atoms with Crippen molar-refractivity contribution < 1.29 is 13.6 Å². The van der Waals surface area contributed by atoms with Gasteiger partial charge >= 0.3 is 0 Å². The summed E-state index contributed by atoms with van der Waals surface area (Å²) in [6.45, 7) is -0.188. The molecule has 0 aliphatic rings. The summed E-state index contributed by atoms with van der Waals surface area (Å²) < 4.78 is 29.1.